The van der Waals surface area contributed by atoms with Crippen molar-refractivity contribution >= 4 is 11.7 Å². The Morgan fingerprint density at radius 2 is 2.04 bits per heavy atom. The van der Waals surface area contributed by atoms with Crippen molar-refractivity contribution < 1.29 is 9.18 Å². The Hall–Kier alpha value is -3.29. The molecule has 0 bridgehead atoms. The molecule has 0 spiro atoms. The SMILES string of the molecule is CCc1cc(NC(=O)c2nn(-c3ccc(F)cc3)ccc2=O)n[nH]1. The maximum Gasteiger partial charge on any atom is 0.281 e. The third-order valence-corrected chi connectivity index (χ3v) is 3.37. The van der Waals surface area contributed by atoms with Gasteiger partial charge in [-0.25, -0.2) is 9.07 Å². The van der Waals surface area contributed by atoms with Gasteiger partial charge in [-0.1, -0.05) is 6.92 Å². The van der Waals surface area contributed by atoms with Gasteiger partial charge in [0.05, 0.1) is 5.69 Å². The normalized spacial score (nSPS) is 10.6. The quantitative estimate of drug-likeness (QED) is 0.765. The van der Waals surface area contributed by atoms with Gasteiger partial charge in [-0.15, -0.1) is 0 Å². The molecular formula is C16H14FN5O2. The summed E-state index contributed by atoms with van der Waals surface area (Å²) < 4.78 is 14.3. The Labute approximate surface area is 136 Å². The summed E-state index contributed by atoms with van der Waals surface area (Å²) in [6.45, 7) is 1.94. The fraction of sp³-hybridized carbons (Fsp3) is 0.125. The Balaban J connectivity index is 1.89. The highest BCUT2D eigenvalue weighted by Crippen LogP contribution is 2.09. The number of halogens is 1. The number of carbonyl (C=O) groups is 1. The molecule has 2 heterocycles. The van der Waals surface area contributed by atoms with E-state index in [1.165, 1.54) is 41.2 Å². The molecule has 0 aliphatic carbocycles. The molecule has 122 valence electrons. The fourth-order valence-electron chi connectivity index (χ4n) is 2.08. The number of H-pyrrole nitrogens is 1. The summed E-state index contributed by atoms with van der Waals surface area (Å²) in [5, 5.41) is 13.3. The molecule has 0 aliphatic rings. The number of aromatic amines is 1. The lowest BCUT2D eigenvalue weighted by molar-refractivity contribution is 0.101. The van der Waals surface area contributed by atoms with Gasteiger partial charge in [0.25, 0.3) is 5.91 Å². The summed E-state index contributed by atoms with van der Waals surface area (Å²) in [5.74, 6) is -0.733. The van der Waals surface area contributed by atoms with Gasteiger partial charge < -0.3 is 5.32 Å². The number of rotatable bonds is 4. The first-order chi connectivity index (χ1) is 11.6. The van der Waals surface area contributed by atoms with E-state index < -0.39 is 11.3 Å². The summed E-state index contributed by atoms with van der Waals surface area (Å²) in [6, 6.07) is 8.44. The highest BCUT2D eigenvalue weighted by atomic mass is 19.1. The Bertz CT molecular complexity index is 930. The van der Waals surface area contributed by atoms with Crippen LogP contribution in [0.2, 0.25) is 0 Å². The van der Waals surface area contributed by atoms with Crippen molar-refractivity contribution in [3.8, 4) is 5.69 Å². The van der Waals surface area contributed by atoms with Crippen LogP contribution in [-0.2, 0) is 6.42 Å². The summed E-state index contributed by atoms with van der Waals surface area (Å²) in [4.78, 5) is 24.2. The number of nitrogens with zero attached hydrogens (tertiary/aromatic N) is 3. The molecule has 3 rings (SSSR count). The maximum absolute atomic E-state index is 13.0. The van der Waals surface area contributed by atoms with Crippen LogP contribution in [0.1, 0.15) is 23.1 Å². The van der Waals surface area contributed by atoms with Crippen molar-refractivity contribution in [3.63, 3.8) is 0 Å². The van der Waals surface area contributed by atoms with Crippen LogP contribution in [0.5, 0.6) is 0 Å². The first kappa shape index (κ1) is 15.6. The minimum absolute atomic E-state index is 0.275. The molecule has 3 aromatic rings. The van der Waals surface area contributed by atoms with Crippen molar-refractivity contribution in [2.45, 2.75) is 13.3 Å². The fourth-order valence-corrected chi connectivity index (χ4v) is 2.08. The molecule has 1 amide bonds. The number of benzene rings is 1. The van der Waals surface area contributed by atoms with Crippen molar-refractivity contribution in [1.29, 1.82) is 0 Å². The van der Waals surface area contributed by atoms with Crippen LogP contribution in [-0.4, -0.2) is 25.9 Å². The number of hydrogen-bond donors (Lipinski definition) is 2. The number of amides is 1. The van der Waals surface area contributed by atoms with Crippen LogP contribution >= 0.6 is 0 Å². The first-order valence-corrected chi connectivity index (χ1v) is 7.28. The molecule has 2 aromatic heterocycles. The maximum atomic E-state index is 13.0. The predicted octanol–water partition coefficient (Wildman–Crippen LogP) is 1.91. The van der Waals surface area contributed by atoms with E-state index in [9.17, 15) is 14.0 Å². The van der Waals surface area contributed by atoms with E-state index in [2.05, 4.69) is 20.6 Å². The largest absolute Gasteiger partial charge is 0.304 e. The lowest BCUT2D eigenvalue weighted by atomic mass is 10.3. The molecule has 0 saturated carbocycles. The number of hydrogen-bond acceptors (Lipinski definition) is 4. The minimum Gasteiger partial charge on any atom is -0.304 e. The molecule has 0 fully saturated rings. The molecule has 24 heavy (non-hydrogen) atoms. The van der Waals surface area contributed by atoms with Gasteiger partial charge >= 0.3 is 0 Å². The third-order valence-electron chi connectivity index (χ3n) is 3.37. The van der Waals surface area contributed by atoms with Gasteiger partial charge in [0, 0.05) is 24.0 Å². The smallest absolute Gasteiger partial charge is 0.281 e. The number of aromatic nitrogens is 4. The van der Waals surface area contributed by atoms with Crippen LogP contribution in [0, 0.1) is 5.82 Å². The average molecular weight is 327 g/mol. The van der Waals surface area contributed by atoms with Crippen LogP contribution in [0.3, 0.4) is 0 Å². The van der Waals surface area contributed by atoms with Crippen LogP contribution in [0.15, 0.2) is 47.4 Å². The number of anilines is 1. The van der Waals surface area contributed by atoms with Gasteiger partial charge in [0.2, 0.25) is 5.43 Å². The van der Waals surface area contributed by atoms with Gasteiger partial charge in [-0.3, -0.25) is 14.7 Å². The molecular weight excluding hydrogens is 313 g/mol. The highest BCUT2D eigenvalue weighted by Gasteiger charge is 2.15. The summed E-state index contributed by atoms with van der Waals surface area (Å²) in [6.07, 6.45) is 2.15. The zero-order valence-corrected chi connectivity index (χ0v) is 12.8. The number of aryl methyl sites for hydroxylation is 1. The zero-order chi connectivity index (χ0) is 17.1. The first-order valence-electron chi connectivity index (χ1n) is 7.28. The molecule has 0 atom stereocenters. The molecule has 0 radical (unpaired) electrons. The lowest BCUT2D eigenvalue weighted by Crippen LogP contribution is -2.25. The van der Waals surface area contributed by atoms with E-state index in [4.69, 9.17) is 0 Å². The van der Waals surface area contributed by atoms with Gasteiger partial charge in [0.1, 0.15) is 5.82 Å². The van der Waals surface area contributed by atoms with Gasteiger partial charge in [-0.2, -0.15) is 10.2 Å². The summed E-state index contributed by atoms with van der Waals surface area (Å²) >= 11 is 0. The van der Waals surface area contributed by atoms with E-state index in [-0.39, 0.29) is 11.5 Å². The molecule has 0 aliphatic heterocycles. The second-order valence-electron chi connectivity index (χ2n) is 5.04. The number of carbonyl (C=O) groups excluding carboxylic acids is 1. The minimum atomic E-state index is -0.661. The van der Waals surface area contributed by atoms with Crippen LogP contribution in [0.4, 0.5) is 10.2 Å². The average Bonchev–Trinajstić information content (AvgIpc) is 3.03. The molecule has 0 saturated heterocycles. The molecule has 0 unspecified atom stereocenters. The molecule has 2 N–H and O–H groups in total. The van der Waals surface area contributed by atoms with Crippen molar-refractivity contribution in [1.82, 2.24) is 20.0 Å². The molecule has 7 nitrogen and oxygen atoms in total. The topological polar surface area (TPSA) is 92.7 Å². The van der Waals surface area contributed by atoms with Crippen molar-refractivity contribution in [2.24, 2.45) is 0 Å². The van der Waals surface area contributed by atoms with E-state index >= 15 is 0 Å². The molecule has 1 aromatic carbocycles. The predicted molar refractivity (Wildman–Crippen MR) is 85.7 cm³/mol. The van der Waals surface area contributed by atoms with Crippen molar-refractivity contribution in [3.05, 3.63) is 70.0 Å². The zero-order valence-electron chi connectivity index (χ0n) is 12.8. The summed E-state index contributed by atoms with van der Waals surface area (Å²) in [5.41, 5.74) is 0.591. The molecule has 8 heteroatoms. The van der Waals surface area contributed by atoms with E-state index in [1.807, 2.05) is 6.92 Å². The van der Waals surface area contributed by atoms with Crippen LogP contribution < -0.4 is 10.7 Å². The van der Waals surface area contributed by atoms with Gasteiger partial charge in [-0.05, 0) is 30.7 Å². The van der Waals surface area contributed by atoms with E-state index in [1.54, 1.807) is 6.07 Å². The van der Waals surface area contributed by atoms with E-state index in [0.29, 0.717) is 11.5 Å². The third kappa shape index (κ3) is 3.22. The monoisotopic (exact) mass is 327 g/mol. The van der Waals surface area contributed by atoms with Crippen molar-refractivity contribution in [2.75, 3.05) is 5.32 Å². The number of nitrogens with one attached hydrogen (secondary N) is 2. The highest BCUT2D eigenvalue weighted by molar-refractivity contribution is 6.02. The van der Waals surface area contributed by atoms with Crippen LogP contribution in [0.25, 0.3) is 5.69 Å². The lowest BCUT2D eigenvalue weighted by Gasteiger charge is -2.07. The Morgan fingerprint density at radius 3 is 2.71 bits per heavy atom. The Kier molecular flexibility index (Phi) is 4.19. The second-order valence-corrected chi connectivity index (χ2v) is 5.04. The standard InChI is InChI=1S/C16H14FN5O2/c1-2-11-9-14(20-19-11)18-16(24)15-13(23)7-8-22(21-15)12-5-3-10(17)4-6-12/h3-9H,2H2,1H3,(H2,18,19,20,24). The Morgan fingerprint density at radius 1 is 1.29 bits per heavy atom. The van der Waals surface area contributed by atoms with Gasteiger partial charge in [0.15, 0.2) is 11.5 Å². The van der Waals surface area contributed by atoms with E-state index in [0.717, 1.165) is 12.1 Å². The second kappa shape index (κ2) is 6.45. The summed E-state index contributed by atoms with van der Waals surface area (Å²) in [7, 11) is 0.